The van der Waals surface area contributed by atoms with Gasteiger partial charge in [-0.3, -0.25) is 9.59 Å². The van der Waals surface area contributed by atoms with Crippen LogP contribution in [0.2, 0.25) is 5.02 Å². The van der Waals surface area contributed by atoms with E-state index in [1.807, 2.05) is 12.1 Å². The van der Waals surface area contributed by atoms with Crippen molar-refractivity contribution in [3.63, 3.8) is 0 Å². The summed E-state index contributed by atoms with van der Waals surface area (Å²) >= 11 is 5.85. The topological polar surface area (TPSA) is 108 Å². The van der Waals surface area contributed by atoms with Gasteiger partial charge >= 0.3 is 0 Å². The van der Waals surface area contributed by atoms with Crippen LogP contribution >= 0.6 is 11.6 Å². The number of anilines is 2. The number of nitrogens with one attached hydrogen (secondary N) is 2. The van der Waals surface area contributed by atoms with Gasteiger partial charge in [0.05, 0.1) is 21.2 Å². The van der Waals surface area contributed by atoms with Gasteiger partial charge < -0.3 is 15.5 Å². The molecular formula is C27H29ClN4O4S. The molecule has 2 N–H and O–H groups in total. The zero-order valence-corrected chi connectivity index (χ0v) is 22.5. The van der Waals surface area contributed by atoms with Crippen molar-refractivity contribution in [2.24, 2.45) is 0 Å². The number of sulfone groups is 1. The lowest BCUT2D eigenvalue weighted by Gasteiger charge is -2.19. The van der Waals surface area contributed by atoms with Gasteiger partial charge in [0.2, 0.25) is 0 Å². The number of halogens is 1. The molecule has 0 aliphatic heterocycles. The zero-order valence-electron chi connectivity index (χ0n) is 20.9. The van der Waals surface area contributed by atoms with Crippen molar-refractivity contribution >= 4 is 44.8 Å². The molecule has 0 unspecified atom stereocenters. The Morgan fingerprint density at radius 1 is 1.00 bits per heavy atom. The highest BCUT2D eigenvalue weighted by molar-refractivity contribution is 7.90. The number of aromatic nitrogens is 1. The van der Waals surface area contributed by atoms with E-state index in [4.69, 9.17) is 11.6 Å². The highest BCUT2D eigenvalue weighted by Gasteiger charge is 2.43. The smallest absolute Gasteiger partial charge is 0.258 e. The van der Waals surface area contributed by atoms with Crippen LogP contribution in [0, 0.1) is 0 Å². The molecule has 8 nitrogen and oxygen atoms in total. The van der Waals surface area contributed by atoms with Gasteiger partial charge in [-0.1, -0.05) is 23.7 Å². The number of rotatable bonds is 9. The van der Waals surface area contributed by atoms with Crippen LogP contribution < -0.4 is 10.6 Å². The first kappa shape index (κ1) is 26.8. The predicted octanol–water partition coefficient (Wildman–Crippen LogP) is 4.63. The van der Waals surface area contributed by atoms with Gasteiger partial charge in [0.25, 0.3) is 11.8 Å². The lowest BCUT2D eigenvalue weighted by Crippen LogP contribution is -2.20. The fourth-order valence-electron chi connectivity index (χ4n) is 4.13. The number of nitrogens with zero attached hydrogens (tertiary/aromatic N) is 2. The molecule has 0 radical (unpaired) electrons. The molecule has 4 rings (SSSR count). The van der Waals surface area contributed by atoms with E-state index in [1.54, 1.807) is 18.2 Å². The Bertz CT molecular complexity index is 1420. The zero-order chi connectivity index (χ0) is 26.8. The molecule has 0 saturated heterocycles. The fourth-order valence-corrected chi connectivity index (χ4v) is 4.88. The van der Waals surface area contributed by atoms with Gasteiger partial charge in [0, 0.05) is 18.0 Å². The van der Waals surface area contributed by atoms with Gasteiger partial charge in [0.1, 0.15) is 5.82 Å². The molecule has 10 heteroatoms. The summed E-state index contributed by atoms with van der Waals surface area (Å²) in [4.78, 5) is 32.3. The number of amides is 2. The minimum absolute atomic E-state index is 0.00901. The van der Waals surface area contributed by atoms with Crippen molar-refractivity contribution in [3.05, 3.63) is 82.5 Å². The maximum Gasteiger partial charge on any atom is 0.258 e. The lowest BCUT2D eigenvalue weighted by molar-refractivity contribution is 0.102. The van der Waals surface area contributed by atoms with Crippen molar-refractivity contribution in [3.8, 4) is 0 Å². The summed E-state index contributed by atoms with van der Waals surface area (Å²) in [6.07, 6.45) is 5.78. The molecular weight excluding hydrogens is 512 g/mol. The average Bonchev–Trinajstić information content (AvgIpc) is 3.65. The number of carbonyl (C=O) groups is 2. The standard InChI is InChI=1S/C27H29ClN4O4S/c1-32(2)15-14-27(12-13-27)19-6-4-18(5-7-19)25(33)30-23-10-9-21(37(3,35)36)16-22(23)26(34)31-24-11-8-20(28)17-29-24/h4-11,16-17H,12-15H2,1-3H3,(H,30,33)(H,29,31,34). The summed E-state index contributed by atoms with van der Waals surface area (Å²) in [5, 5.41) is 5.77. The Balaban J connectivity index is 1.55. The van der Waals surface area contributed by atoms with Crippen molar-refractivity contribution in [1.29, 1.82) is 0 Å². The average molecular weight is 541 g/mol. The normalized spacial score (nSPS) is 14.3. The second kappa shape index (κ2) is 10.6. The van der Waals surface area contributed by atoms with Crippen LogP contribution in [0.15, 0.2) is 65.7 Å². The Morgan fingerprint density at radius 2 is 1.70 bits per heavy atom. The van der Waals surface area contributed by atoms with E-state index >= 15 is 0 Å². The quantitative estimate of drug-likeness (QED) is 0.410. The van der Waals surface area contributed by atoms with Crippen molar-refractivity contribution in [2.75, 3.05) is 37.5 Å². The third kappa shape index (κ3) is 6.54. The maximum atomic E-state index is 13.1. The molecule has 0 atom stereocenters. The predicted molar refractivity (Wildman–Crippen MR) is 145 cm³/mol. The summed E-state index contributed by atoms with van der Waals surface area (Å²) in [7, 11) is 0.537. The summed E-state index contributed by atoms with van der Waals surface area (Å²) in [5.74, 6) is -0.798. The Morgan fingerprint density at radius 3 is 2.27 bits per heavy atom. The third-order valence-corrected chi connectivity index (χ3v) is 7.87. The van der Waals surface area contributed by atoms with E-state index in [0.717, 1.165) is 32.1 Å². The van der Waals surface area contributed by atoms with Crippen LogP contribution in [0.4, 0.5) is 11.5 Å². The van der Waals surface area contributed by atoms with Crippen LogP contribution in [0.3, 0.4) is 0 Å². The summed E-state index contributed by atoms with van der Waals surface area (Å²) < 4.78 is 24.2. The largest absolute Gasteiger partial charge is 0.321 e. The monoisotopic (exact) mass is 540 g/mol. The lowest BCUT2D eigenvalue weighted by atomic mass is 9.91. The highest BCUT2D eigenvalue weighted by Crippen LogP contribution is 2.51. The first-order valence-corrected chi connectivity index (χ1v) is 14.1. The molecule has 1 aliphatic carbocycles. The molecule has 0 bridgehead atoms. The Kier molecular flexibility index (Phi) is 7.68. The van der Waals surface area contributed by atoms with Crippen LogP contribution in [0.1, 0.15) is 45.5 Å². The molecule has 1 saturated carbocycles. The molecule has 1 fully saturated rings. The van der Waals surface area contributed by atoms with Gasteiger partial charge in [-0.15, -0.1) is 0 Å². The number of hydrogen-bond acceptors (Lipinski definition) is 6. The Labute approximate surface area is 222 Å². The van der Waals surface area contributed by atoms with Gasteiger partial charge in [-0.05, 0) is 93.3 Å². The molecule has 1 heterocycles. The maximum absolute atomic E-state index is 13.1. The first-order valence-electron chi connectivity index (χ1n) is 11.8. The Hall–Kier alpha value is -3.27. The van der Waals surface area contributed by atoms with Crippen molar-refractivity contribution in [2.45, 2.75) is 29.6 Å². The molecule has 37 heavy (non-hydrogen) atoms. The van der Waals surface area contributed by atoms with E-state index < -0.39 is 21.7 Å². The minimum Gasteiger partial charge on any atom is -0.321 e. The number of pyridine rings is 1. The van der Waals surface area contributed by atoms with E-state index in [1.165, 1.54) is 36.0 Å². The molecule has 194 valence electrons. The molecule has 2 amide bonds. The molecule has 1 aromatic heterocycles. The van der Waals surface area contributed by atoms with E-state index in [0.29, 0.717) is 10.6 Å². The highest BCUT2D eigenvalue weighted by atomic mass is 35.5. The molecule has 3 aromatic rings. The summed E-state index contributed by atoms with van der Waals surface area (Å²) in [6, 6.07) is 14.6. The van der Waals surface area contributed by atoms with Gasteiger partial charge in [0.15, 0.2) is 9.84 Å². The van der Waals surface area contributed by atoms with Crippen molar-refractivity contribution < 1.29 is 18.0 Å². The van der Waals surface area contributed by atoms with E-state index in [9.17, 15) is 18.0 Å². The number of carbonyl (C=O) groups excluding carboxylic acids is 2. The minimum atomic E-state index is -3.59. The fraction of sp³-hybridized carbons (Fsp3) is 0.296. The van der Waals surface area contributed by atoms with Gasteiger partial charge in [-0.2, -0.15) is 0 Å². The molecule has 0 spiro atoms. The van der Waals surface area contributed by atoms with Crippen LogP contribution in [0.5, 0.6) is 0 Å². The van der Waals surface area contributed by atoms with Crippen LogP contribution in [-0.4, -0.2) is 57.0 Å². The second-order valence-corrected chi connectivity index (χ2v) is 12.1. The van der Waals surface area contributed by atoms with Gasteiger partial charge in [-0.25, -0.2) is 13.4 Å². The number of benzene rings is 2. The summed E-state index contributed by atoms with van der Waals surface area (Å²) in [6.45, 7) is 1.00. The molecule has 1 aliphatic rings. The van der Waals surface area contributed by atoms with Crippen molar-refractivity contribution in [1.82, 2.24) is 9.88 Å². The van der Waals surface area contributed by atoms with E-state index in [-0.39, 0.29) is 27.4 Å². The third-order valence-electron chi connectivity index (χ3n) is 6.53. The second-order valence-electron chi connectivity index (χ2n) is 9.66. The van der Waals surface area contributed by atoms with Crippen LogP contribution in [0.25, 0.3) is 0 Å². The molecule has 2 aromatic carbocycles. The summed E-state index contributed by atoms with van der Waals surface area (Å²) in [5.41, 5.74) is 2.01. The SMILES string of the molecule is CN(C)CCC1(c2ccc(C(=O)Nc3ccc(S(C)(=O)=O)cc3C(=O)Nc3ccc(Cl)cn3)cc2)CC1. The number of hydrogen-bond donors (Lipinski definition) is 2. The van der Waals surface area contributed by atoms with E-state index in [2.05, 4.69) is 34.6 Å². The van der Waals surface area contributed by atoms with Crippen LogP contribution in [-0.2, 0) is 15.3 Å². The first-order chi connectivity index (χ1) is 17.5.